The summed E-state index contributed by atoms with van der Waals surface area (Å²) in [5.74, 6) is -1.57. The van der Waals surface area contributed by atoms with Crippen molar-refractivity contribution in [1.29, 1.82) is 0 Å². The maximum atomic E-state index is 10.4. The first kappa shape index (κ1) is 7.88. The zero-order chi connectivity index (χ0) is 7.44. The molecular weight excluding hydrogens is 120 g/mol. The summed E-state index contributed by atoms with van der Waals surface area (Å²) in [7, 11) is 0. The molecule has 0 saturated heterocycles. The summed E-state index contributed by atoms with van der Waals surface area (Å²) < 4.78 is 0. The lowest BCUT2D eigenvalue weighted by molar-refractivity contribution is -0.134. The fraction of sp³-hybridized carbons (Fsp3) is 0.333. The van der Waals surface area contributed by atoms with E-state index >= 15 is 0 Å². The van der Waals surface area contributed by atoms with Gasteiger partial charge in [-0.25, -0.2) is 4.79 Å². The van der Waals surface area contributed by atoms with Crippen LogP contribution in [0.2, 0.25) is 0 Å². The standard InChI is InChI=1S/C6H8O3/c1-3-5(4(2)7)6(8)9/h3H,1-2H3,(H,8,9)/b5-3+. The third-order valence-electron chi connectivity index (χ3n) is 0.898. The Hall–Kier alpha value is -1.12. The third-order valence-corrected chi connectivity index (χ3v) is 0.898. The van der Waals surface area contributed by atoms with Crippen molar-refractivity contribution in [2.24, 2.45) is 0 Å². The zero-order valence-electron chi connectivity index (χ0n) is 5.34. The molecule has 0 saturated carbocycles. The van der Waals surface area contributed by atoms with Gasteiger partial charge >= 0.3 is 5.97 Å². The van der Waals surface area contributed by atoms with Gasteiger partial charge in [-0.2, -0.15) is 0 Å². The predicted octanol–water partition coefficient (Wildman–Crippen LogP) is 0.606. The average Bonchev–Trinajstić information content (AvgIpc) is 1.64. The van der Waals surface area contributed by atoms with Crippen LogP contribution in [0, 0.1) is 0 Å². The maximum absolute atomic E-state index is 10.4. The Kier molecular flexibility index (Phi) is 2.64. The first-order chi connectivity index (χ1) is 4.09. The molecule has 0 amide bonds. The van der Waals surface area contributed by atoms with Gasteiger partial charge in [-0.05, 0) is 13.8 Å². The second-order valence-electron chi connectivity index (χ2n) is 1.56. The summed E-state index contributed by atoms with van der Waals surface area (Å²) in [4.78, 5) is 20.5. The SMILES string of the molecule is C/C=C(\C(C)=O)C(=O)O. The van der Waals surface area contributed by atoms with Gasteiger partial charge < -0.3 is 5.11 Å². The number of aliphatic carboxylic acids is 1. The Bertz CT molecular complexity index is 151. The van der Waals surface area contributed by atoms with Crippen LogP contribution in [-0.4, -0.2) is 16.9 Å². The second-order valence-corrected chi connectivity index (χ2v) is 1.56. The molecule has 0 unspecified atom stereocenters. The Morgan fingerprint density at radius 2 is 1.89 bits per heavy atom. The van der Waals surface area contributed by atoms with Crippen LogP contribution < -0.4 is 0 Å². The van der Waals surface area contributed by atoms with E-state index in [1.807, 2.05) is 0 Å². The molecule has 3 heteroatoms. The van der Waals surface area contributed by atoms with E-state index in [0.29, 0.717) is 0 Å². The van der Waals surface area contributed by atoms with Crippen LogP contribution in [0.5, 0.6) is 0 Å². The van der Waals surface area contributed by atoms with Gasteiger partial charge in [0.05, 0.1) is 5.57 Å². The van der Waals surface area contributed by atoms with Gasteiger partial charge in [0, 0.05) is 0 Å². The molecule has 0 aromatic heterocycles. The first-order valence-electron chi connectivity index (χ1n) is 2.50. The van der Waals surface area contributed by atoms with Crippen LogP contribution in [0.15, 0.2) is 11.6 Å². The molecule has 0 rings (SSSR count). The molecule has 0 bridgehead atoms. The van der Waals surface area contributed by atoms with Crippen molar-refractivity contribution in [2.45, 2.75) is 13.8 Å². The second kappa shape index (κ2) is 3.02. The minimum Gasteiger partial charge on any atom is -0.478 e. The molecular formula is C6H8O3. The number of allylic oxidation sites excluding steroid dienone is 1. The minimum absolute atomic E-state index is 0.157. The number of carboxylic acid groups (broad SMARTS) is 1. The molecule has 1 N–H and O–H groups in total. The van der Waals surface area contributed by atoms with E-state index in [9.17, 15) is 9.59 Å². The van der Waals surface area contributed by atoms with Crippen molar-refractivity contribution < 1.29 is 14.7 Å². The maximum Gasteiger partial charge on any atom is 0.338 e. The highest BCUT2D eigenvalue weighted by Crippen LogP contribution is 1.94. The Morgan fingerprint density at radius 3 is 1.89 bits per heavy atom. The summed E-state index contributed by atoms with van der Waals surface area (Å²) in [6.07, 6.45) is 1.28. The van der Waals surface area contributed by atoms with Crippen LogP contribution in [0.1, 0.15) is 13.8 Å². The minimum atomic E-state index is -1.16. The Balaban J connectivity index is 4.38. The number of carbonyl (C=O) groups is 2. The zero-order valence-corrected chi connectivity index (χ0v) is 5.34. The normalized spacial score (nSPS) is 11.1. The van der Waals surface area contributed by atoms with E-state index in [-0.39, 0.29) is 5.57 Å². The third kappa shape index (κ3) is 2.08. The molecule has 3 nitrogen and oxygen atoms in total. The molecule has 50 valence electrons. The van der Waals surface area contributed by atoms with E-state index in [1.165, 1.54) is 19.9 Å². The lowest BCUT2D eigenvalue weighted by Crippen LogP contribution is -2.07. The van der Waals surface area contributed by atoms with E-state index in [0.717, 1.165) is 0 Å². The van der Waals surface area contributed by atoms with Crippen molar-refractivity contribution in [3.8, 4) is 0 Å². The van der Waals surface area contributed by atoms with Gasteiger partial charge in [-0.15, -0.1) is 0 Å². The Morgan fingerprint density at radius 1 is 1.44 bits per heavy atom. The molecule has 0 heterocycles. The number of Topliss-reactive ketones (excluding diaryl/α,β-unsaturated/α-hetero) is 1. The molecule has 0 spiro atoms. The van der Waals surface area contributed by atoms with E-state index in [4.69, 9.17) is 5.11 Å². The van der Waals surface area contributed by atoms with Crippen LogP contribution in [0.3, 0.4) is 0 Å². The predicted molar refractivity (Wildman–Crippen MR) is 32.1 cm³/mol. The molecule has 0 atom stereocenters. The number of ketones is 1. The number of hydrogen-bond acceptors (Lipinski definition) is 2. The van der Waals surface area contributed by atoms with Gasteiger partial charge in [0.2, 0.25) is 0 Å². The number of carbonyl (C=O) groups excluding carboxylic acids is 1. The van der Waals surface area contributed by atoms with Gasteiger partial charge in [-0.1, -0.05) is 6.08 Å². The fourth-order valence-corrected chi connectivity index (χ4v) is 0.477. The summed E-state index contributed by atoms with van der Waals surface area (Å²) in [5, 5.41) is 8.25. The fourth-order valence-electron chi connectivity index (χ4n) is 0.477. The van der Waals surface area contributed by atoms with Gasteiger partial charge in [0.1, 0.15) is 0 Å². The van der Waals surface area contributed by atoms with Crippen molar-refractivity contribution >= 4 is 11.8 Å². The topological polar surface area (TPSA) is 54.4 Å². The highest BCUT2D eigenvalue weighted by Gasteiger charge is 2.09. The first-order valence-corrected chi connectivity index (χ1v) is 2.50. The van der Waals surface area contributed by atoms with Crippen LogP contribution in [0.4, 0.5) is 0 Å². The molecule has 0 aliphatic heterocycles. The summed E-state index contributed by atoms with van der Waals surface area (Å²) in [6, 6.07) is 0. The van der Waals surface area contributed by atoms with Crippen LogP contribution in [0.25, 0.3) is 0 Å². The summed E-state index contributed by atoms with van der Waals surface area (Å²) >= 11 is 0. The highest BCUT2D eigenvalue weighted by atomic mass is 16.4. The summed E-state index contributed by atoms with van der Waals surface area (Å²) in [5.41, 5.74) is -0.157. The molecule has 0 aromatic rings. The molecule has 0 fully saturated rings. The van der Waals surface area contributed by atoms with Crippen molar-refractivity contribution in [3.05, 3.63) is 11.6 Å². The molecule has 0 aliphatic carbocycles. The lowest BCUT2D eigenvalue weighted by Gasteiger charge is -1.90. The number of rotatable bonds is 2. The summed E-state index contributed by atoms with van der Waals surface area (Å²) in [6.45, 7) is 2.74. The van der Waals surface area contributed by atoms with Crippen molar-refractivity contribution in [2.75, 3.05) is 0 Å². The average molecular weight is 128 g/mol. The highest BCUT2D eigenvalue weighted by molar-refractivity contribution is 6.15. The van der Waals surface area contributed by atoms with E-state index in [2.05, 4.69) is 0 Å². The van der Waals surface area contributed by atoms with E-state index < -0.39 is 11.8 Å². The van der Waals surface area contributed by atoms with E-state index in [1.54, 1.807) is 0 Å². The quantitative estimate of drug-likeness (QED) is 0.336. The molecule has 9 heavy (non-hydrogen) atoms. The lowest BCUT2D eigenvalue weighted by atomic mass is 10.2. The number of carboxylic acids is 1. The van der Waals surface area contributed by atoms with Crippen molar-refractivity contribution in [1.82, 2.24) is 0 Å². The number of hydrogen-bond donors (Lipinski definition) is 1. The van der Waals surface area contributed by atoms with Gasteiger partial charge in [0.25, 0.3) is 0 Å². The van der Waals surface area contributed by atoms with Gasteiger partial charge in [-0.3, -0.25) is 4.79 Å². The van der Waals surface area contributed by atoms with Crippen molar-refractivity contribution in [3.63, 3.8) is 0 Å². The van der Waals surface area contributed by atoms with Crippen LogP contribution in [-0.2, 0) is 9.59 Å². The Labute approximate surface area is 53.0 Å². The largest absolute Gasteiger partial charge is 0.478 e. The van der Waals surface area contributed by atoms with Gasteiger partial charge in [0.15, 0.2) is 5.78 Å². The van der Waals surface area contributed by atoms with Crippen LogP contribution >= 0.6 is 0 Å². The molecule has 0 aromatic carbocycles. The molecule has 0 radical (unpaired) electrons. The smallest absolute Gasteiger partial charge is 0.338 e. The monoisotopic (exact) mass is 128 g/mol. The molecule has 0 aliphatic rings.